The van der Waals surface area contributed by atoms with E-state index >= 15 is 0 Å². The molecule has 3 aromatic carbocycles. The third-order valence-electron chi connectivity index (χ3n) is 12.8. The number of likely N-dealkylation sites (tertiary alicyclic amines) is 2. The number of hydrogen-bond donors (Lipinski definition) is 5. The summed E-state index contributed by atoms with van der Waals surface area (Å²) < 4.78 is 5.63. The molecule has 346 valence electrons. The van der Waals surface area contributed by atoms with Crippen molar-refractivity contribution in [1.29, 1.82) is 0 Å². The van der Waals surface area contributed by atoms with Gasteiger partial charge in [-0.3, -0.25) is 39.1 Å². The normalized spacial score (nSPS) is 20.4. The topological polar surface area (TPSA) is 205 Å². The molecule has 2 aliphatic heterocycles. The molecule has 2 fully saturated rings. The third kappa shape index (κ3) is 12.2. The number of esters is 1. The number of hydrogen-bond acceptors (Lipinski definition) is 11. The van der Waals surface area contributed by atoms with Gasteiger partial charge in [-0.1, -0.05) is 106 Å². The summed E-state index contributed by atoms with van der Waals surface area (Å²) in [6.45, 7) is 8.45. The molecule has 5 amide bonds. The van der Waals surface area contributed by atoms with Crippen molar-refractivity contribution in [1.82, 2.24) is 36.2 Å². The van der Waals surface area contributed by atoms with Gasteiger partial charge in [0.2, 0.25) is 11.8 Å². The maximum Gasteiger partial charge on any atom is 0.309 e. The van der Waals surface area contributed by atoms with Crippen LogP contribution >= 0.6 is 11.3 Å². The summed E-state index contributed by atoms with van der Waals surface area (Å²) >= 11 is 1.21. The first-order chi connectivity index (χ1) is 31.3. The number of nitrogens with two attached hydrogens (primary N) is 1. The number of carbonyl (C=O) groups is 6. The van der Waals surface area contributed by atoms with E-state index < -0.39 is 53.8 Å². The highest BCUT2D eigenvalue weighted by atomic mass is 32.1. The monoisotopic (exact) mass is 906 g/mol. The van der Waals surface area contributed by atoms with Crippen LogP contribution in [0.1, 0.15) is 120 Å². The molecule has 6 N–H and O–H groups in total. The zero-order chi connectivity index (χ0) is 46.6. The number of thiazole rings is 1. The summed E-state index contributed by atoms with van der Waals surface area (Å²) in [7, 11) is 1.92. The number of nitrogens with one attached hydrogen (secondary N) is 4. The number of nitrogens with zero attached hydrogens (tertiary/aromatic N) is 3. The van der Waals surface area contributed by atoms with Gasteiger partial charge >= 0.3 is 5.97 Å². The lowest BCUT2D eigenvalue weighted by molar-refractivity contribution is -0.149. The van der Waals surface area contributed by atoms with Crippen LogP contribution in [0.5, 0.6) is 0 Å². The second-order valence-electron chi connectivity index (χ2n) is 17.4. The van der Waals surface area contributed by atoms with Crippen LogP contribution in [0.2, 0.25) is 0 Å². The van der Waals surface area contributed by atoms with Crippen LogP contribution in [0.15, 0.2) is 90.3 Å². The Morgan fingerprint density at radius 2 is 1.54 bits per heavy atom. The minimum atomic E-state index is -0.820. The first kappa shape index (κ1) is 48.5. The summed E-state index contributed by atoms with van der Waals surface area (Å²) in [6, 6.07) is 21.9. The Morgan fingerprint density at radius 3 is 2.20 bits per heavy atom. The van der Waals surface area contributed by atoms with Gasteiger partial charge < -0.3 is 25.6 Å². The van der Waals surface area contributed by atoms with E-state index in [-0.39, 0.29) is 59.6 Å². The number of nitrogen functional groups attached to an aromatic ring is 1. The number of aromatic nitrogens is 1. The summed E-state index contributed by atoms with van der Waals surface area (Å²) in [5, 5.41) is 11.4. The number of ether oxygens (including phenoxy) is 1. The Labute approximate surface area is 385 Å². The molecule has 1 unspecified atom stereocenters. The number of rotatable bonds is 18. The third-order valence-corrected chi connectivity index (χ3v) is 13.7. The van der Waals surface area contributed by atoms with Crippen molar-refractivity contribution in [2.75, 3.05) is 13.6 Å². The molecule has 4 aromatic rings. The molecule has 3 heterocycles. The Hall–Kier alpha value is -5.97. The van der Waals surface area contributed by atoms with Gasteiger partial charge in [0.15, 0.2) is 0 Å². The van der Waals surface area contributed by atoms with E-state index in [4.69, 9.17) is 15.6 Å². The predicted octanol–water partition coefficient (Wildman–Crippen LogP) is 5.33. The van der Waals surface area contributed by atoms with Crippen LogP contribution in [-0.2, 0) is 32.1 Å². The quantitative estimate of drug-likeness (QED) is 0.0376. The lowest BCUT2D eigenvalue weighted by atomic mass is 9.95. The summed E-state index contributed by atoms with van der Waals surface area (Å²) in [6.07, 6.45) is 4.30. The highest BCUT2D eigenvalue weighted by molar-refractivity contribution is 7.10. The van der Waals surface area contributed by atoms with E-state index in [1.54, 1.807) is 35.4 Å². The highest BCUT2D eigenvalue weighted by Crippen LogP contribution is 2.39. The van der Waals surface area contributed by atoms with Crippen molar-refractivity contribution in [2.45, 2.75) is 115 Å². The van der Waals surface area contributed by atoms with Crippen molar-refractivity contribution in [3.8, 4) is 0 Å². The lowest BCUT2D eigenvalue weighted by Gasteiger charge is -2.34. The number of carbonyl (C=O) groups excluding carboxylic acids is 6. The second-order valence-corrected chi connectivity index (χ2v) is 18.3. The molecule has 0 aliphatic carbocycles. The Bertz CT molecular complexity index is 2280. The molecule has 0 bridgehead atoms. The first-order valence-electron chi connectivity index (χ1n) is 22.5. The minimum absolute atomic E-state index is 0.0764. The number of piperidine rings is 1. The molecular formula is C49H62N8O7S. The molecule has 16 heteroatoms. The summed E-state index contributed by atoms with van der Waals surface area (Å²) in [4.78, 5) is 91.1. The van der Waals surface area contributed by atoms with Gasteiger partial charge in [0.05, 0.1) is 41.2 Å². The highest BCUT2D eigenvalue weighted by Gasteiger charge is 2.46. The lowest BCUT2D eigenvalue weighted by Crippen LogP contribution is -2.58. The fourth-order valence-electron chi connectivity index (χ4n) is 8.76. The maximum absolute atomic E-state index is 14.7. The van der Waals surface area contributed by atoms with Gasteiger partial charge in [-0.2, -0.15) is 0 Å². The number of benzene rings is 3. The first-order valence-corrected chi connectivity index (χ1v) is 23.4. The van der Waals surface area contributed by atoms with E-state index in [9.17, 15) is 28.8 Å². The fourth-order valence-corrected chi connectivity index (χ4v) is 9.67. The van der Waals surface area contributed by atoms with Crippen LogP contribution in [0.25, 0.3) is 0 Å². The van der Waals surface area contributed by atoms with Crippen molar-refractivity contribution >= 4 is 46.8 Å². The van der Waals surface area contributed by atoms with Crippen LogP contribution in [-0.4, -0.2) is 94.1 Å². The van der Waals surface area contributed by atoms with Crippen molar-refractivity contribution in [3.63, 3.8) is 0 Å². The fraction of sp³-hybridized carbons (Fsp3) is 0.449. The molecule has 1 aromatic heterocycles. The Balaban J connectivity index is 1.24. The van der Waals surface area contributed by atoms with Crippen molar-refractivity contribution in [2.24, 2.45) is 17.7 Å². The molecule has 8 atom stereocenters. The molecule has 2 saturated heterocycles. The van der Waals surface area contributed by atoms with Gasteiger partial charge in [-0.05, 0) is 81.8 Å². The molecule has 0 radical (unpaired) electrons. The van der Waals surface area contributed by atoms with Crippen molar-refractivity contribution < 1.29 is 33.5 Å². The second kappa shape index (κ2) is 22.8. The summed E-state index contributed by atoms with van der Waals surface area (Å²) in [5.41, 5.74) is 4.28. The smallest absolute Gasteiger partial charge is 0.309 e. The molecule has 0 saturated carbocycles. The molecule has 0 spiro atoms. The van der Waals surface area contributed by atoms with Gasteiger partial charge in [0.25, 0.3) is 17.7 Å². The van der Waals surface area contributed by atoms with Crippen molar-refractivity contribution in [3.05, 3.63) is 123 Å². The van der Waals surface area contributed by atoms with E-state index in [0.717, 1.165) is 30.5 Å². The molecule has 15 nitrogen and oxygen atoms in total. The predicted molar refractivity (Wildman–Crippen MR) is 248 cm³/mol. The van der Waals surface area contributed by atoms with Gasteiger partial charge in [-0.15, -0.1) is 11.3 Å². The SMILES string of the molecule is CC[C@H](C)[C@H](NC(=O)[C@H]1CCCCN1C)C(=O)N[C@@H]1C[C@H](c2nc(C(=O)N[C@@H](Cc3ccccc3)C[C@H](C)C(=O)OCc3ccccc3)cs2)N(C(=O)c2ccccc2C(=O)NN)C1C. The van der Waals surface area contributed by atoms with Crippen LogP contribution in [0.4, 0.5) is 0 Å². The summed E-state index contributed by atoms with van der Waals surface area (Å²) in [5.74, 6) is 2.30. The van der Waals surface area contributed by atoms with E-state index in [1.165, 1.54) is 17.4 Å². The Kier molecular flexibility index (Phi) is 17.0. The molecular weight excluding hydrogens is 845 g/mol. The molecule has 65 heavy (non-hydrogen) atoms. The average Bonchev–Trinajstić information content (AvgIpc) is 3.94. The van der Waals surface area contributed by atoms with Gasteiger partial charge in [0.1, 0.15) is 23.4 Å². The van der Waals surface area contributed by atoms with Gasteiger partial charge in [-0.25, -0.2) is 10.8 Å². The standard InChI is InChI=1S/C49H62N8O7S/c1-6-30(2)42(54-45(60)40-23-15-16-24-56(40)5)46(61)52-38-27-41(57(32(38)4)48(62)37-22-14-13-21-36(37)43(58)55-50)47-53-39(29-65-47)44(59)51-35(26-33-17-9-7-10-18-33)25-31(3)49(63)64-28-34-19-11-8-12-20-34/h7-14,17-22,29-32,35,38,40-42H,6,15-16,23-28,50H2,1-5H3,(H,51,59)(H,52,61)(H,54,60)(H,55,58)/t30-,31-,32?,35+,38+,40+,41+,42-/m0/s1. The number of amides is 5. The number of likely N-dealkylation sites (N-methyl/N-ethyl adjacent to an activating group) is 1. The average molecular weight is 907 g/mol. The van der Waals surface area contributed by atoms with E-state index in [1.807, 2.05) is 93.4 Å². The number of hydrazine groups is 1. The maximum atomic E-state index is 14.7. The van der Waals surface area contributed by atoms with Crippen LogP contribution < -0.4 is 27.2 Å². The largest absolute Gasteiger partial charge is 0.461 e. The Morgan fingerprint density at radius 1 is 0.877 bits per heavy atom. The molecule has 6 rings (SSSR count). The molecule has 2 aliphatic rings. The zero-order valence-corrected chi connectivity index (χ0v) is 38.6. The van der Waals surface area contributed by atoms with Crippen LogP contribution in [0, 0.1) is 11.8 Å². The van der Waals surface area contributed by atoms with Crippen LogP contribution in [0.3, 0.4) is 0 Å². The van der Waals surface area contributed by atoms with E-state index in [2.05, 4.69) is 21.4 Å². The zero-order valence-electron chi connectivity index (χ0n) is 37.8. The minimum Gasteiger partial charge on any atom is -0.461 e. The van der Waals surface area contributed by atoms with Gasteiger partial charge in [0, 0.05) is 11.4 Å². The van der Waals surface area contributed by atoms with E-state index in [0.29, 0.717) is 30.7 Å².